The Morgan fingerprint density at radius 3 is 2.58 bits per heavy atom. The third-order valence-electron chi connectivity index (χ3n) is 4.64. The summed E-state index contributed by atoms with van der Waals surface area (Å²) in [5, 5.41) is 9.34. The van der Waals surface area contributed by atoms with E-state index in [2.05, 4.69) is 0 Å². The molecule has 2 atom stereocenters. The van der Waals surface area contributed by atoms with E-state index in [1.54, 1.807) is 4.90 Å². The van der Waals surface area contributed by atoms with Crippen LogP contribution in [0.4, 0.5) is 4.79 Å². The molecule has 0 bridgehead atoms. The molecule has 0 saturated carbocycles. The van der Waals surface area contributed by atoms with Crippen molar-refractivity contribution in [2.75, 3.05) is 32.7 Å². The van der Waals surface area contributed by atoms with Gasteiger partial charge in [0.1, 0.15) is 0 Å². The molecule has 2 aliphatic heterocycles. The van der Waals surface area contributed by atoms with Crippen LogP contribution in [0.1, 0.15) is 26.2 Å². The fraction of sp³-hybridized carbons (Fsp3) is 0.846. The van der Waals surface area contributed by atoms with E-state index < -0.39 is 11.4 Å². The lowest BCUT2D eigenvalue weighted by atomic mass is 9.84. The molecule has 108 valence electrons. The monoisotopic (exact) mass is 269 g/mol. The molecule has 2 fully saturated rings. The van der Waals surface area contributed by atoms with Crippen LogP contribution in [0.5, 0.6) is 0 Å². The van der Waals surface area contributed by atoms with Crippen LogP contribution >= 0.6 is 0 Å². The number of hydrogen-bond acceptors (Lipinski definition) is 3. The fourth-order valence-electron chi connectivity index (χ4n) is 3.05. The highest BCUT2D eigenvalue weighted by atomic mass is 16.4. The largest absolute Gasteiger partial charge is 0.481 e. The van der Waals surface area contributed by atoms with Crippen LogP contribution in [0, 0.1) is 11.3 Å². The van der Waals surface area contributed by atoms with E-state index in [0.29, 0.717) is 44.9 Å². The zero-order valence-corrected chi connectivity index (χ0v) is 11.5. The molecule has 6 heteroatoms. The Balaban J connectivity index is 1.97. The number of carboxylic acid groups (broad SMARTS) is 1. The van der Waals surface area contributed by atoms with E-state index >= 15 is 0 Å². The molecule has 19 heavy (non-hydrogen) atoms. The maximum absolute atomic E-state index is 12.4. The van der Waals surface area contributed by atoms with Gasteiger partial charge in [-0.25, -0.2) is 4.79 Å². The lowest BCUT2D eigenvalue weighted by Crippen LogP contribution is -2.43. The number of carbonyl (C=O) groups is 2. The molecule has 2 heterocycles. The first-order valence-corrected chi connectivity index (χ1v) is 6.99. The Hall–Kier alpha value is -1.30. The minimum absolute atomic E-state index is 0.0208. The number of rotatable bonds is 3. The number of urea groups is 1. The topological polar surface area (TPSA) is 86.9 Å². The minimum atomic E-state index is -0.786. The van der Waals surface area contributed by atoms with Crippen LogP contribution in [0.2, 0.25) is 0 Å². The SMILES string of the molecule is CCC1(C(=O)O)CCN(C(=O)N2CCC(CN)C2)C1. The van der Waals surface area contributed by atoms with Crippen molar-refractivity contribution in [2.45, 2.75) is 26.2 Å². The van der Waals surface area contributed by atoms with Crippen LogP contribution in [0.15, 0.2) is 0 Å². The molecule has 0 aliphatic carbocycles. The Morgan fingerprint density at radius 1 is 1.37 bits per heavy atom. The normalized spacial score (nSPS) is 30.9. The van der Waals surface area contributed by atoms with Crippen molar-refractivity contribution in [3.05, 3.63) is 0 Å². The van der Waals surface area contributed by atoms with Gasteiger partial charge in [0.2, 0.25) is 0 Å². The van der Waals surface area contributed by atoms with Crippen LogP contribution in [0.3, 0.4) is 0 Å². The summed E-state index contributed by atoms with van der Waals surface area (Å²) in [4.78, 5) is 27.2. The molecule has 3 N–H and O–H groups in total. The Kier molecular flexibility index (Phi) is 3.99. The van der Waals surface area contributed by atoms with Crippen molar-refractivity contribution in [3.8, 4) is 0 Å². The van der Waals surface area contributed by atoms with Gasteiger partial charge in [0.05, 0.1) is 5.41 Å². The van der Waals surface area contributed by atoms with E-state index in [4.69, 9.17) is 5.73 Å². The molecule has 2 rings (SSSR count). The number of carbonyl (C=O) groups excluding carboxylic acids is 1. The molecule has 0 spiro atoms. The lowest BCUT2D eigenvalue weighted by molar-refractivity contribution is -0.148. The number of hydrogen-bond donors (Lipinski definition) is 2. The van der Waals surface area contributed by atoms with Gasteiger partial charge in [0.25, 0.3) is 0 Å². The van der Waals surface area contributed by atoms with Gasteiger partial charge >= 0.3 is 12.0 Å². The lowest BCUT2D eigenvalue weighted by Gasteiger charge is -2.26. The maximum atomic E-state index is 12.4. The molecule has 2 aliphatic rings. The van der Waals surface area contributed by atoms with E-state index in [9.17, 15) is 14.7 Å². The predicted molar refractivity (Wildman–Crippen MR) is 70.7 cm³/mol. The molecule has 6 nitrogen and oxygen atoms in total. The zero-order valence-electron chi connectivity index (χ0n) is 11.5. The zero-order chi connectivity index (χ0) is 14.0. The smallest absolute Gasteiger partial charge is 0.320 e. The summed E-state index contributed by atoms with van der Waals surface area (Å²) >= 11 is 0. The average Bonchev–Trinajstić information content (AvgIpc) is 3.05. The summed E-state index contributed by atoms with van der Waals surface area (Å²) in [7, 11) is 0. The van der Waals surface area contributed by atoms with Gasteiger partial charge in [-0.15, -0.1) is 0 Å². The second-order valence-corrected chi connectivity index (χ2v) is 5.73. The van der Waals surface area contributed by atoms with Gasteiger partial charge < -0.3 is 20.6 Å². The van der Waals surface area contributed by atoms with Crippen LogP contribution < -0.4 is 5.73 Å². The molecular formula is C13H23N3O3. The second-order valence-electron chi connectivity index (χ2n) is 5.73. The van der Waals surface area contributed by atoms with Gasteiger partial charge in [-0.2, -0.15) is 0 Å². The number of amides is 2. The molecule has 0 aromatic rings. The number of carboxylic acids is 1. The van der Waals surface area contributed by atoms with E-state index in [0.717, 1.165) is 13.0 Å². The molecule has 0 aromatic heterocycles. The van der Waals surface area contributed by atoms with Crippen molar-refractivity contribution in [1.29, 1.82) is 0 Å². The number of aliphatic carboxylic acids is 1. The third-order valence-corrected chi connectivity index (χ3v) is 4.64. The summed E-state index contributed by atoms with van der Waals surface area (Å²) in [6.45, 7) is 4.81. The van der Waals surface area contributed by atoms with Crippen molar-refractivity contribution >= 4 is 12.0 Å². The second kappa shape index (κ2) is 5.36. The highest BCUT2D eigenvalue weighted by Crippen LogP contribution is 2.35. The standard InChI is InChI=1S/C13H23N3O3/c1-2-13(11(17)18)4-6-16(9-13)12(19)15-5-3-10(7-14)8-15/h10H,2-9,14H2,1H3,(H,17,18). The van der Waals surface area contributed by atoms with Crippen molar-refractivity contribution in [3.63, 3.8) is 0 Å². The minimum Gasteiger partial charge on any atom is -0.481 e. The maximum Gasteiger partial charge on any atom is 0.320 e. The summed E-state index contributed by atoms with van der Waals surface area (Å²) in [6, 6.07) is -0.0208. The number of nitrogens with zero attached hydrogens (tertiary/aromatic N) is 2. The molecule has 2 unspecified atom stereocenters. The van der Waals surface area contributed by atoms with Gasteiger partial charge in [-0.05, 0) is 31.7 Å². The first kappa shape index (κ1) is 14.1. The summed E-state index contributed by atoms with van der Waals surface area (Å²) < 4.78 is 0. The first-order chi connectivity index (χ1) is 9.02. The van der Waals surface area contributed by atoms with E-state index in [-0.39, 0.29) is 6.03 Å². The molecule has 2 saturated heterocycles. The van der Waals surface area contributed by atoms with Gasteiger partial charge in [-0.3, -0.25) is 4.79 Å². The Bertz CT molecular complexity index is 374. The van der Waals surface area contributed by atoms with Crippen molar-refractivity contribution < 1.29 is 14.7 Å². The summed E-state index contributed by atoms with van der Waals surface area (Å²) in [5.74, 6) is -0.395. The van der Waals surface area contributed by atoms with E-state index in [1.165, 1.54) is 0 Å². The van der Waals surface area contributed by atoms with E-state index in [1.807, 2.05) is 11.8 Å². The van der Waals surface area contributed by atoms with Crippen LogP contribution in [-0.2, 0) is 4.79 Å². The molecule has 0 radical (unpaired) electrons. The fourth-order valence-corrected chi connectivity index (χ4v) is 3.05. The van der Waals surface area contributed by atoms with Gasteiger partial charge in [0.15, 0.2) is 0 Å². The van der Waals surface area contributed by atoms with Gasteiger partial charge in [-0.1, -0.05) is 6.92 Å². The highest BCUT2D eigenvalue weighted by molar-refractivity contribution is 5.80. The molecule has 0 aromatic carbocycles. The Morgan fingerprint density at radius 2 is 2.11 bits per heavy atom. The predicted octanol–water partition coefficient (Wildman–Crippen LogP) is 0.574. The Labute approximate surface area is 113 Å². The van der Waals surface area contributed by atoms with Crippen LogP contribution in [-0.4, -0.2) is 59.6 Å². The summed E-state index contributed by atoms with van der Waals surface area (Å²) in [6.07, 6.45) is 2.07. The quantitative estimate of drug-likeness (QED) is 0.784. The third kappa shape index (κ3) is 2.54. The molecule has 2 amide bonds. The van der Waals surface area contributed by atoms with Crippen LogP contribution in [0.25, 0.3) is 0 Å². The molecular weight excluding hydrogens is 246 g/mol. The van der Waals surface area contributed by atoms with Crippen molar-refractivity contribution in [2.24, 2.45) is 17.1 Å². The highest BCUT2D eigenvalue weighted by Gasteiger charge is 2.45. The van der Waals surface area contributed by atoms with Crippen molar-refractivity contribution in [1.82, 2.24) is 9.80 Å². The first-order valence-electron chi connectivity index (χ1n) is 6.99. The summed E-state index contributed by atoms with van der Waals surface area (Å²) in [5.41, 5.74) is 4.88. The number of nitrogens with two attached hydrogens (primary N) is 1. The average molecular weight is 269 g/mol. The number of likely N-dealkylation sites (tertiary alicyclic amines) is 2. The van der Waals surface area contributed by atoms with Gasteiger partial charge in [0, 0.05) is 26.2 Å².